The topological polar surface area (TPSA) is 79.2 Å². The lowest BCUT2D eigenvalue weighted by Crippen LogP contribution is -2.42. The van der Waals surface area contributed by atoms with Crippen molar-refractivity contribution < 1.29 is 13.5 Å². The van der Waals surface area contributed by atoms with Crippen LogP contribution in [-0.2, 0) is 13.1 Å². The van der Waals surface area contributed by atoms with Gasteiger partial charge in [-0.15, -0.1) is 0 Å². The number of hydrogen-bond acceptors (Lipinski definition) is 4. The van der Waals surface area contributed by atoms with Gasteiger partial charge in [0.1, 0.15) is 5.82 Å². The molecule has 0 bridgehead atoms. The normalized spacial score (nSPS) is 11.9. The van der Waals surface area contributed by atoms with Crippen molar-refractivity contribution in [1.29, 1.82) is 0 Å². The molecule has 0 saturated heterocycles. The van der Waals surface area contributed by atoms with Crippen molar-refractivity contribution in [2.45, 2.75) is 19.1 Å². The number of ether oxygens (including phenoxy) is 1. The molecule has 0 radical (unpaired) electrons. The maximum atomic E-state index is 15.1. The molecule has 35 heavy (non-hydrogen) atoms. The van der Waals surface area contributed by atoms with Gasteiger partial charge in [-0.25, -0.2) is 13.6 Å². The molecule has 1 atom stereocenters. The third-order valence-corrected chi connectivity index (χ3v) is 6.06. The van der Waals surface area contributed by atoms with E-state index in [1.165, 1.54) is 49.7 Å². The van der Waals surface area contributed by atoms with E-state index in [2.05, 4.69) is 0 Å². The highest BCUT2D eigenvalue weighted by atomic mass is 35.5. The molecule has 0 amide bonds. The first kappa shape index (κ1) is 24.4. The molecule has 0 spiro atoms. The molecular weight excluding hydrogens is 476 g/mol. The van der Waals surface area contributed by atoms with Crippen LogP contribution in [0.4, 0.5) is 8.78 Å². The van der Waals surface area contributed by atoms with Crippen LogP contribution in [0.1, 0.15) is 17.2 Å². The monoisotopic (exact) mass is 497 g/mol. The predicted octanol–water partition coefficient (Wildman–Crippen LogP) is 4.37. The third-order valence-electron chi connectivity index (χ3n) is 5.71. The second kappa shape index (κ2) is 10.2. The van der Waals surface area contributed by atoms with E-state index in [1.807, 2.05) is 6.07 Å². The second-order valence-electron chi connectivity index (χ2n) is 7.91. The molecule has 180 valence electrons. The van der Waals surface area contributed by atoms with Gasteiger partial charge >= 0.3 is 5.69 Å². The first-order valence-electron chi connectivity index (χ1n) is 10.7. The van der Waals surface area contributed by atoms with Crippen molar-refractivity contribution >= 4 is 11.6 Å². The lowest BCUT2D eigenvalue weighted by Gasteiger charge is -2.18. The lowest BCUT2D eigenvalue weighted by atomic mass is 10.1. The Morgan fingerprint density at radius 2 is 1.69 bits per heavy atom. The molecule has 1 heterocycles. The van der Waals surface area contributed by atoms with Crippen LogP contribution >= 0.6 is 11.6 Å². The van der Waals surface area contributed by atoms with Gasteiger partial charge in [-0.05, 0) is 23.8 Å². The molecule has 4 aromatic rings. The molecular formula is C26H22ClF2N3O3. The van der Waals surface area contributed by atoms with Gasteiger partial charge in [0.15, 0.2) is 11.6 Å². The van der Waals surface area contributed by atoms with Crippen molar-refractivity contribution in [2.75, 3.05) is 7.11 Å². The fraction of sp³-hybridized carbons (Fsp3) is 0.154. The first-order valence-corrected chi connectivity index (χ1v) is 11.1. The van der Waals surface area contributed by atoms with Gasteiger partial charge in [0, 0.05) is 28.4 Å². The molecule has 0 aliphatic heterocycles. The zero-order valence-electron chi connectivity index (χ0n) is 18.8. The van der Waals surface area contributed by atoms with E-state index in [1.54, 1.807) is 24.3 Å². The molecule has 2 N–H and O–H groups in total. The summed E-state index contributed by atoms with van der Waals surface area (Å²) in [4.78, 5) is 26.8. The summed E-state index contributed by atoms with van der Waals surface area (Å²) < 4.78 is 36.7. The Morgan fingerprint density at radius 1 is 0.971 bits per heavy atom. The maximum Gasteiger partial charge on any atom is 0.331 e. The van der Waals surface area contributed by atoms with E-state index in [0.29, 0.717) is 5.56 Å². The fourth-order valence-corrected chi connectivity index (χ4v) is 4.07. The first-order chi connectivity index (χ1) is 16.8. The number of halogens is 3. The summed E-state index contributed by atoms with van der Waals surface area (Å²) in [5, 5.41) is 0.116. The average molecular weight is 498 g/mol. The van der Waals surface area contributed by atoms with E-state index < -0.39 is 28.9 Å². The number of hydrogen-bond donors (Lipinski definition) is 1. The zero-order chi connectivity index (χ0) is 25.1. The van der Waals surface area contributed by atoms with Gasteiger partial charge < -0.3 is 10.5 Å². The smallest absolute Gasteiger partial charge is 0.331 e. The summed E-state index contributed by atoms with van der Waals surface area (Å²) in [7, 11) is 1.31. The Morgan fingerprint density at radius 3 is 2.37 bits per heavy atom. The van der Waals surface area contributed by atoms with Crippen LogP contribution in [0.15, 0.2) is 82.5 Å². The minimum atomic E-state index is -0.764. The summed E-state index contributed by atoms with van der Waals surface area (Å²) in [6.45, 7) is -0.449. The van der Waals surface area contributed by atoms with Crippen molar-refractivity contribution in [1.82, 2.24) is 9.13 Å². The highest BCUT2D eigenvalue weighted by Crippen LogP contribution is 2.27. The van der Waals surface area contributed by atoms with E-state index >= 15 is 4.39 Å². The molecule has 0 aliphatic rings. The Balaban J connectivity index is 1.91. The number of nitrogens with zero attached hydrogens (tertiary/aromatic N) is 2. The van der Waals surface area contributed by atoms with Gasteiger partial charge in [0.05, 0.1) is 25.8 Å². The van der Waals surface area contributed by atoms with Crippen LogP contribution < -0.4 is 21.7 Å². The highest BCUT2D eigenvalue weighted by molar-refractivity contribution is 6.31. The molecule has 3 aromatic carbocycles. The van der Waals surface area contributed by atoms with E-state index in [-0.39, 0.29) is 40.6 Å². The molecule has 4 rings (SSSR count). The lowest BCUT2D eigenvalue weighted by molar-refractivity contribution is 0.387. The van der Waals surface area contributed by atoms with Crippen LogP contribution in [0.2, 0.25) is 5.02 Å². The predicted molar refractivity (Wildman–Crippen MR) is 131 cm³/mol. The quantitative estimate of drug-likeness (QED) is 0.411. The maximum absolute atomic E-state index is 15.1. The van der Waals surface area contributed by atoms with Crippen LogP contribution in [-0.4, -0.2) is 16.2 Å². The Hall–Kier alpha value is -3.75. The van der Waals surface area contributed by atoms with Gasteiger partial charge in [-0.3, -0.25) is 13.9 Å². The Labute approximate surface area is 204 Å². The summed E-state index contributed by atoms with van der Waals surface area (Å²) in [5.74, 6) is -1.44. The summed E-state index contributed by atoms with van der Waals surface area (Å²) >= 11 is 6.17. The molecule has 0 fully saturated rings. The summed E-state index contributed by atoms with van der Waals surface area (Å²) in [5.41, 5.74) is 5.44. The number of nitrogens with two attached hydrogens (primary N) is 1. The fourth-order valence-electron chi connectivity index (χ4n) is 3.85. The van der Waals surface area contributed by atoms with Gasteiger partial charge in [-0.1, -0.05) is 60.1 Å². The van der Waals surface area contributed by atoms with E-state index in [4.69, 9.17) is 22.1 Å². The minimum Gasteiger partial charge on any atom is -0.494 e. The molecule has 0 unspecified atom stereocenters. The van der Waals surface area contributed by atoms with Gasteiger partial charge in [0.25, 0.3) is 5.56 Å². The van der Waals surface area contributed by atoms with Crippen LogP contribution in [0.3, 0.4) is 0 Å². The standard InChI is InChI=1S/C26H22ClF2N3O3/c1-35-23-12-5-9-17(24(23)29)18-13-31(14-19-20(27)10-6-11-21(19)28)26(34)32(25(18)33)15-22(30)16-7-3-2-4-8-16/h2-13,22H,14-15,30H2,1H3/t22-/m0/s1. The molecule has 0 aliphatic carbocycles. The van der Waals surface area contributed by atoms with Crippen molar-refractivity contribution in [3.63, 3.8) is 0 Å². The minimum absolute atomic E-state index is 0.0610. The van der Waals surface area contributed by atoms with Crippen LogP contribution in [0.5, 0.6) is 5.75 Å². The molecule has 0 saturated carbocycles. The van der Waals surface area contributed by atoms with Gasteiger partial charge in [-0.2, -0.15) is 0 Å². The van der Waals surface area contributed by atoms with E-state index in [9.17, 15) is 14.0 Å². The Bertz CT molecular complexity index is 1470. The number of rotatable bonds is 7. The largest absolute Gasteiger partial charge is 0.494 e. The summed E-state index contributed by atoms with van der Waals surface area (Å²) in [6, 6.07) is 16.8. The number of methoxy groups -OCH3 is 1. The number of aromatic nitrogens is 2. The van der Waals surface area contributed by atoms with Crippen molar-refractivity contribution in [3.05, 3.63) is 122 Å². The highest BCUT2D eigenvalue weighted by Gasteiger charge is 2.21. The zero-order valence-corrected chi connectivity index (χ0v) is 19.5. The van der Waals surface area contributed by atoms with Crippen LogP contribution in [0.25, 0.3) is 11.1 Å². The molecule has 6 nitrogen and oxygen atoms in total. The van der Waals surface area contributed by atoms with Crippen LogP contribution in [0, 0.1) is 11.6 Å². The SMILES string of the molecule is COc1cccc(-c2cn(Cc3c(F)cccc3Cl)c(=O)n(C[C@H](N)c3ccccc3)c2=O)c1F. The number of benzene rings is 3. The van der Waals surface area contributed by atoms with Crippen molar-refractivity contribution in [3.8, 4) is 16.9 Å². The average Bonchev–Trinajstić information content (AvgIpc) is 2.86. The summed E-state index contributed by atoms with van der Waals surface area (Å²) in [6.07, 6.45) is 1.20. The molecule has 9 heteroatoms. The second-order valence-corrected chi connectivity index (χ2v) is 8.32. The Kier molecular flexibility index (Phi) is 7.14. The van der Waals surface area contributed by atoms with Gasteiger partial charge in [0.2, 0.25) is 0 Å². The molecule has 1 aromatic heterocycles. The van der Waals surface area contributed by atoms with Crippen molar-refractivity contribution in [2.24, 2.45) is 5.73 Å². The third kappa shape index (κ3) is 4.89. The van der Waals surface area contributed by atoms with E-state index in [0.717, 1.165) is 9.13 Å².